The van der Waals surface area contributed by atoms with Gasteiger partial charge in [0.05, 0.1) is 15.6 Å². The molecule has 0 fully saturated rings. The monoisotopic (exact) mass is 294 g/mol. The highest BCUT2D eigenvalue weighted by molar-refractivity contribution is 6.33. The number of rotatable bonds is 4. The molecule has 0 saturated carbocycles. The number of nitro benzene ring substituents is 1. The summed E-state index contributed by atoms with van der Waals surface area (Å²) in [5, 5.41) is 14.2. The van der Waals surface area contributed by atoms with Crippen molar-refractivity contribution >= 4 is 23.0 Å². The third-order valence-electron chi connectivity index (χ3n) is 2.88. The second-order valence-corrected chi connectivity index (χ2v) is 4.75. The first-order valence-corrected chi connectivity index (χ1v) is 6.31. The summed E-state index contributed by atoms with van der Waals surface area (Å²) >= 11 is 6.00. The summed E-state index contributed by atoms with van der Waals surface area (Å²) in [5.41, 5.74) is 1.12. The van der Waals surface area contributed by atoms with Crippen LogP contribution in [0.5, 0.6) is 0 Å². The minimum Gasteiger partial charge on any atom is -0.377 e. The van der Waals surface area contributed by atoms with Crippen LogP contribution in [0.15, 0.2) is 42.5 Å². The predicted molar refractivity (Wildman–Crippen MR) is 76.5 cm³/mol. The average molecular weight is 295 g/mol. The molecule has 0 aliphatic carbocycles. The summed E-state index contributed by atoms with van der Waals surface area (Å²) in [6, 6.07) is 10.1. The fourth-order valence-electron chi connectivity index (χ4n) is 1.83. The maximum absolute atomic E-state index is 13.2. The Bertz CT molecular complexity index is 649. The minimum absolute atomic E-state index is 0.0525. The maximum atomic E-state index is 13.2. The van der Waals surface area contributed by atoms with Crippen molar-refractivity contribution in [3.05, 3.63) is 69.0 Å². The van der Waals surface area contributed by atoms with Crippen molar-refractivity contribution in [3.8, 4) is 0 Å². The molecule has 0 aliphatic heterocycles. The van der Waals surface area contributed by atoms with Gasteiger partial charge in [0.25, 0.3) is 5.69 Å². The molecule has 1 unspecified atom stereocenters. The van der Waals surface area contributed by atoms with Gasteiger partial charge in [-0.1, -0.05) is 23.7 Å². The Morgan fingerprint density at radius 2 is 2.05 bits per heavy atom. The highest BCUT2D eigenvalue weighted by Crippen LogP contribution is 2.30. The van der Waals surface area contributed by atoms with E-state index in [9.17, 15) is 14.5 Å². The van der Waals surface area contributed by atoms with E-state index in [-0.39, 0.29) is 17.5 Å². The molecule has 0 radical (unpaired) electrons. The zero-order chi connectivity index (χ0) is 14.7. The number of non-ortho nitro benzene ring substituents is 1. The van der Waals surface area contributed by atoms with Crippen molar-refractivity contribution in [2.75, 3.05) is 5.32 Å². The number of halogens is 2. The van der Waals surface area contributed by atoms with Crippen LogP contribution in [0.4, 0.5) is 15.8 Å². The zero-order valence-electron chi connectivity index (χ0n) is 10.6. The van der Waals surface area contributed by atoms with Crippen LogP contribution in [0.25, 0.3) is 0 Å². The van der Waals surface area contributed by atoms with Crippen LogP contribution in [0, 0.1) is 15.9 Å². The van der Waals surface area contributed by atoms with Gasteiger partial charge in [0.2, 0.25) is 0 Å². The summed E-state index contributed by atoms with van der Waals surface area (Å²) < 4.78 is 13.2. The van der Waals surface area contributed by atoms with Crippen LogP contribution in [0.2, 0.25) is 5.02 Å². The van der Waals surface area contributed by atoms with E-state index in [2.05, 4.69) is 5.32 Å². The second kappa shape index (κ2) is 5.88. The van der Waals surface area contributed by atoms with Gasteiger partial charge in [-0.2, -0.15) is 0 Å². The van der Waals surface area contributed by atoms with Gasteiger partial charge >= 0.3 is 0 Å². The number of benzene rings is 2. The topological polar surface area (TPSA) is 55.2 Å². The third-order valence-corrected chi connectivity index (χ3v) is 3.21. The Hall–Kier alpha value is -2.14. The standard InChI is InChI=1S/C14H12ClFN2O2/c1-9(10-3-2-4-11(16)7-10)17-14-8-12(18(19)20)5-6-13(14)15/h2-9,17H,1H3. The van der Waals surface area contributed by atoms with Crippen molar-refractivity contribution in [1.82, 2.24) is 0 Å². The fourth-order valence-corrected chi connectivity index (χ4v) is 2.00. The Labute approximate surface area is 120 Å². The third kappa shape index (κ3) is 3.24. The van der Waals surface area contributed by atoms with Gasteiger partial charge in [0.15, 0.2) is 0 Å². The summed E-state index contributed by atoms with van der Waals surface area (Å²) in [6.07, 6.45) is 0. The number of hydrogen-bond donors (Lipinski definition) is 1. The first kappa shape index (κ1) is 14.3. The van der Waals surface area contributed by atoms with E-state index in [0.717, 1.165) is 5.56 Å². The van der Waals surface area contributed by atoms with Crippen LogP contribution in [0.3, 0.4) is 0 Å². The summed E-state index contributed by atoms with van der Waals surface area (Å²) in [4.78, 5) is 10.3. The van der Waals surface area contributed by atoms with Crippen molar-refractivity contribution in [2.24, 2.45) is 0 Å². The lowest BCUT2D eigenvalue weighted by atomic mass is 10.1. The molecule has 0 spiro atoms. The molecule has 4 nitrogen and oxygen atoms in total. The highest BCUT2D eigenvalue weighted by atomic mass is 35.5. The van der Waals surface area contributed by atoms with Crippen molar-refractivity contribution < 1.29 is 9.31 Å². The predicted octanol–water partition coefficient (Wildman–Crippen LogP) is 4.56. The van der Waals surface area contributed by atoms with Gasteiger partial charge in [-0.05, 0) is 30.7 Å². The first-order valence-electron chi connectivity index (χ1n) is 5.93. The van der Waals surface area contributed by atoms with Crippen LogP contribution in [-0.4, -0.2) is 4.92 Å². The summed E-state index contributed by atoms with van der Waals surface area (Å²) in [6.45, 7) is 1.82. The van der Waals surface area contributed by atoms with E-state index in [1.54, 1.807) is 12.1 Å². The summed E-state index contributed by atoms with van der Waals surface area (Å²) in [7, 11) is 0. The first-order chi connectivity index (χ1) is 9.47. The lowest BCUT2D eigenvalue weighted by Crippen LogP contribution is -2.07. The van der Waals surface area contributed by atoms with Gasteiger partial charge < -0.3 is 5.32 Å². The Kier molecular flexibility index (Phi) is 4.20. The van der Waals surface area contributed by atoms with Crippen molar-refractivity contribution in [3.63, 3.8) is 0 Å². The van der Waals surface area contributed by atoms with Crippen molar-refractivity contribution in [1.29, 1.82) is 0 Å². The van der Waals surface area contributed by atoms with Gasteiger partial charge in [0, 0.05) is 18.2 Å². The quantitative estimate of drug-likeness (QED) is 0.664. The fraction of sp³-hybridized carbons (Fsp3) is 0.143. The molecule has 0 amide bonds. The van der Waals surface area contributed by atoms with E-state index >= 15 is 0 Å². The molecule has 20 heavy (non-hydrogen) atoms. The maximum Gasteiger partial charge on any atom is 0.271 e. The zero-order valence-corrected chi connectivity index (χ0v) is 11.4. The van der Waals surface area contributed by atoms with Gasteiger partial charge in [-0.3, -0.25) is 10.1 Å². The number of anilines is 1. The molecule has 104 valence electrons. The van der Waals surface area contributed by atoms with Gasteiger partial charge in [-0.25, -0.2) is 4.39 Å². The normalized spacial score (nSPS) is 11.9. The van der Waals surface area contributed by atoms with Crippen LogP contribution < -0.4 is 5.32 Å². The molecule has 1 atom stereocenters. The lowest BCUT2D eigenvalue weighted by molar-refractivity contribution is -0.384. The van der Waals surface area contributed by atoms with Gasteiger partial charge in [-0.15, -0.1) is 0 Å². The molecular formula is C14H12ClFN2O2. The van der Waals surface area contributed by atoms with Crippen LogP contribution in [0.1, 0.15) is 18.5 Å². The van der Waals surface area contributed by atoms with Gasteiger partial charge in [0.1, 0.15) is 5.82 Å². The number of nitro groups is 1. The molecule has 2 aromatic carbocycles. The largest absolute Gasteiger partial charge is 0.377 e. The average Bonchev–Trinajstić information content (AvgIpc) is 2.41. The Morgan fingerprint density at radius 1 is 1.30 bits per heavy atom. The van der Waals surface area contributed by atoms with E-state index in [4.69, 9.17) is 11.6 Å². The SMILES string of the molecule is CC(Nc1cc([N+](=O)[O-])ccc1Cl)c1cccc(F)c1. The number of nitrogens with one attached hydrogen (secondary N) is 1. The smallest absolute Gasteiger partial charge is 0.271 e. The Morgan fingerprint density at radius 3 is 2.70 bits per heavy atom. The molecule has 6 heteroatoms. The molecule has 1 N–H and O–H groups in total. The van der Waals surface area contributed by atoms with E-state index in [0.29, 0.717) is 10.7 Å². The summed E-state index contributed by atoms with van der Waals surface area (Å²) in [5.74, 6) is -0.332. The Balaban J connectivity index is 2.25. The minimum atomic E-state index is -0.492. The molecule has 2 aromatic rings. The highest BCUT2D eigenvalue weighted by Gasteiger charge is 2.13. The lowest BCUT2D eigenvalue weighted by Gasteiger charge is -2.16. The van der Waals surface area contributed by atoms with E-state index in [1.807, 2.05) is 6.92 Å². The van der Waals surface area contributed by atoms with E-state index in [1.165, 1.54) is 30.3 Å². The van der Waals surface area contributed by atoms with Crippen molar-refractivity contribution in [2.45, 2.75) is 13.0 Å². The molecule has 0 aromatic heterocycles. The number of hydrogen-bond acceptors (Lipinski definition) is 3. The molecule has 2 rings (SSSR count). The van der Waals surface area contributed by atoms with Crippen LogP contribution >= 0.6 is 11.6 Å². The molecule has 0 bridgehead atoms. The van der Waals surface area contributed by atoms with E-state index < -0.39 is 4.92 Å². The molecule has 0 saturated heterocycles. The second-order valence-electron chi connectivity index (χ2n) is 4.34. The van der Waals surface area contributed by atoms with Crippen LogP contribution in [-0.2, 0) is 0 Å². The molecule has 0 heterocycles. The molecule has 0 aliphatic rings. The molecular weight excluding hydrogens is 283 g/mol. The number of nitrogens with zero attached hydrogens (tertiary/aromatic N) is 1.